The maximum Gasteiger partial charge on any atom is 0.321 e. The Labute approximate surface area is 165 Å². The van der Waals surface area contributed by atoms with Crippen molar-refractivity contribution < 1.29 is 22.7 Å². The number of sulfonamides is 1. The van der Waals surface area contributed by atoms with Crippen LogP contribution in [-0.2, 0) is 24.3 Å². The second-order valence-electron chi connectivity index (χ2n) is 6.81. The average Bonchev–Trinajstić information content (AvgIpc) is 2.62. The number of esters is 1. The molecule has 0 aromatic heterocycles. The maximum atomic E-state index is 12.4. The Balaban J connectivity index is 1.82. The molecule has 1 aromatic carbocycles. The minimum absolute atomic E-state index is 0.0197. The molecule has 1 fully saturated rings. The van der Waals surface area contributed by atoms with E-state index in [0.29, 0.717) is 10.9 Å². The van der Waals surface area contributed by atoms with Gasteiger partial charge in [-0.3, -0.25) is 9.59 Å². The van der Waals surface area contributed by atoms with E-state index in [1.807, 2.05) is 0 Å². The molecule has 0 spiro atoms. The second kappa shape index (κ2) is 9.52. The number of nitrogens with one attached hydrogen (secondary N) is 1. The van der Waals surface area contributed by atoms with Crippen molar-refractivity contribution in [2.45, 2.75) is 43.5 Å². The monoisotopic (exact) mass is 416 g/mol. The summed E-state index contributed by atoms with van der Waals surface area (Å²) in [5, 5.41) is 3.29. The first-order chi connectivity index (χ1) is 12.7. The number of nitrogens with zero attached hydrogens (tertiary/aromatic N) is 1. The molecule has 0 unspecified atom stereocenters. The summed E-state index contributed by atoms with van der Waals surface area (Å²) >= 11 is 5.75. The van der Waals surface area contributed by atoms with Gasteiger partial charge in [0, 0.05) is 18.1 Å². The zero-order chi connectivity index (χ0) is 20.0. The van der Waals surface area contributed by atoms with Gasteiger partial charge in [-0.15, -0.1) is 0 Å². The number of halogens is 1. The van der Waals surface area contributed by atoms with Crippen molar-refractivity contribution in [3.05, 3.63) is 29.3 Å². The van der Waals surface area contributed by atoms with Gasteiger partial charge in [-0.05, 0) is 43.0 Å². The molecule has 150 valence electrons. The summed E-state index contributed by atoms with van der Waals surface area (Å²) in [7, 11) is -2.57. The summed E-state index contributed by atoms with van der Waals surface area (Å²) in [5.41, 5.74) is 0. The highest BCUT2D eigenvalue weighted by Gasteiger charge is 2.25. The molecule has 1 aliphatic rings. The SMILES string of the molecule is C[C@H]1CCCC[C@H]1NC(=O)COC(=O)CN(C)S(=O)(=O)c1ccc(Cl)cc1. The number of carbonyl (C=O) groups is 2. The Kier molecular flexibility index (Phi) is 7.64. The molecule has 0 heterocycles. The topological polar surface area (TPSA) is 92.8 Å². The number of likely N-dealkylation sites (N-methyl/N-ethyl adjacent to an activating group) is 1. The zero-order valence-corrected chi connectivity index (χ0v) is 17.1. The first-order valence-electron chi connectivity index (χ1n) is 8.87. The molecular formula is C18H25ClN2O5S. The number of benzene rings is 1. The highest BCUT2D eigenvalue weighted by atomic mass is 35.5. The molecule has 1 saturated carbocycles. The summed E-state index contributed by atoms with van der Waals surface area (Å²) in [5.74, 6) is -0.763. The molecule has 1 amide bonds. The minimum Gasteiger partial charge on any atom is -0.455 e. The number of carbonyl (C=O) groups excluding carboxylic acids is 2. The summed E-state index contributed by atoms with van der Waals surface area (Å²) in [4.78, 5) is 23.9. The van der Waals surface area contributed by atoms with Gasteiger partial charge in [-0.2, -0.15) is 4.31 Å². The standard InChI is InChI=1S/C18H25ClN2O5S/c1-13-5-3-4-6-16(13)20-17(22)12-26-18(23)11-21(2)27(24,25)15-9-7-14(19)8-10-15/h7-10,13,16H,3-6,11-12H2,1-2H3,(H,20,22)/t13-,16+/m0/s1. The van der Waals surface area contributed by atoms with E-state index in [1.54, 1.807) is 0 Å². The van der Waals surface area contributed by atoms with Crippen LogP contribution in [0.3, 0.4) is 0 Å². The van der Waals surface area contributed by atoms with Crippen molar-refractivity contribution in [2.24, 2.45) is 5.92 Å². The lowest BCUT2D eigenvalue weighted by Crippen LogP contribution is -2.43. The van der Waals surface area contributed by atoms with Gasteiger partial charge in [0.15, 0.2) is 6.61 Å². The predicted molar refractivity (Wildman–Crippen MR) is 102 cm³/mol. The summed E-state index contributed by atoms with van der Waals surface area (Å²) in [6.07, 6.45) is 4.22. The van der Waals surface area contributed by atoms with Crippen molar-refractivity contribution in [3.63, 3.8) is 0 Å². The smallest absolute Gasteiger partial charge is 0.321 e. The van der Waals surface area contributed by atoms with Gasteiger partial charge in [0.1, 0.15) is 6.54 Å². The molecule has 0 radical (unpaired) electrons. The molecule has 0 bridgehead atoms. The van der Waals surface area contributed by atoms with Gasteiger partial charge in [0.25, 0.3) is 5.91 Å². The molecule has 9 heteroatoms. The van der Waals surface area contributed by atoms with Gasteiger partial charge < -0.3 is 10.1 Å². The third-order valence-electron chi connectivity index (χ3n) is 4.70. The fraction of sp³-hybridized carbons (Fsp3) is 0.556. The van der Waals surface area contributed by atoms with Gasteiger partial charge in [-0.25, -0.2) is 8.42 Å². The van der Waals surface area contributed by atoms with Crippen molar-refractivity contribution >= 4 is 33.5 Å². The molecule has 27 heavy (non-hydrogen) atoms. The molecule has 0 aliphatic heterocycles. The Bertz CT molecular complexity index is 766. The van der Waals surface area contributed by atoms with Gasteiger partial charge >= 0.3 is 5.97 Å². The lowest BCUT2D eigenvalue weighted by atomic mass is 9.86. The molecular weight excluding hydrogens is 392 g/mol. The quantitative estimate of drug-likeness (QED) is 0.688. The Morgan fingerprint density at radius 1 is 1.22 bits per heavy atom. The fourth-order valence-corrected chi connectivity index (χ4v) is 4.27. The maximum absolute atomic E-state index is 12.4. The van der Waals surface area contributed by atoms with Crippen molar-refractivity contribution in [1.82, 2.24) is 9.62 Å². The van der Waals surface area contributed by atoms with Crippen molar-refractivity contribution in [1.29, 1.82) is 0 Å². The van der Waals surface area contributed by atoms with Crippen molar-refractivity contribution in [3.8, 4) is 0 Å². The Hall–Kier alpha value is -1.64. The third kappa shape index (κ3) is 6.19. The van der Waals surface area contributed by atoms with Crippen LogP contribution in [0.4, 0.5) is 0 Å². The van der Waals surface area contributed by atoms with E-state index in [9.17, 15) is 18.0 Å². The minimum atomic E-state index is -3.85. The second-order valence-corrected chi connectivity index (χ2v) is 9.29. The molecule has 7 nitrogen and oxygen atoms in total. The van der Waals surface area contributed by atoms with Crippen LogP contribution in [0.5, 0.6) is 0 Å². The van der Waals surface area contributed by atoms with E-state index >= 15 is 0 Å². The number of amides is 1. The summed E-state index contributed by atoms with van der Waals surface area (Å²) < 4.78 is 30.6. The van der Waals surface area contributed by atoms with Crippen LogP contribution in [0.2, 0.25) is 5.02 Å². The number of ether oxygens (including phenoxy) is 1. The van der Waals surface area contributed by atoms with Crippen LogP contribution in [0, 0.1) is 5.92 Å². The Morgan fingerprint density at radius 2 is 1.85 bits per heavy atom. The first kappa shape index (κ1) is 21.7. The van der Waals surface area contributed by atoms with Crippen LogP contribution in [0.1, 0.15) is 32.6 Å². The lowest BCUT2D eigenvalue weighted by molar-refractivity contribution is -0.148. The summed E-state index contributed by atoms with van der Waals surface area (Å²) in [6, 6.07) is 5.73. The summed E-state index contributed by atoms with van der Waals surface area (Å²) in [6.45, 7) is 1.18. The van der Waals surface area contributed by atoms with E-state index in [4.69, 9.17) is 16.3 Å². The predicted octanol–water partition coefficient (Wildman–Crippen LogP) is 2.20. The van der Waals surface area contributed by atoms with Crippen molar-refractivity contribution in [2.75, 3.05) is 20.2 Å². The average molecular weight is 417 g/mol. The number of hydrogen-bond acceptors (Lipinski definition) is 5. The van der Waals surface area contributed by atoms with Crippen LogP contribution in [0.15, 0.2) is 29.2 Å². The van der Waals surface area contributed by atoms with E-state index in [2.05, 4.69) is 12.2 Å². The van der Waals surface area contributed by atoms with Gasteiger partial charge in [-0.1, -0.05) is 31.4 Å². The fourth-order valence-electron chi connectivity index (χ4n) is 3.02. The Morgan fingerprint density at radius 3 is 2.48 bits per heavy atom. The highest BCUT2D eigenvalue weighted by molar-refractivity contribution is 7.89. The van der Waals surface area contributed by atoms with E-state index in [-0.39, 0.29) is 16.8 Å². The van der Waals surface area contributed by atoms with Crippen LogP contribution < -0.4 is 5.32 Å². The van der Waals surface area contributed by atoms with E-state index in [1.165, 1.54) is 31.3 Å². The molecule has 1 N–H and O–H groups in total. The molecule has 1 aliphatic carbocycles. The van der Waals surface area contributed by atoms with Gasteiger partial charge in [0.2, 0.25) is 10.0 Å². The highest BCUT2D eigenvalue weighted by Crippen LogP contribution is 2.23. The first-order valence-corrected chi connectivity index (χ1v) is 10.7. The number of hydrogen-bond donors (Lipinski definition) is 1. The third-order valence-corrected chi connectivity index (χ3v) is 6.77. The van der Waals surface area contributed by atoms with Crippen LogP contribution >= 0.6 is 11.6 Å². The molecule has 0 saturated heterocycles. The molecule has 2 atom stereocenters. The normalized spacial score (nSPS) is 20.3. The number of rotatable bonds is 7. The molecule has 2 rings (SSSR count). The largest absolute Gasteiger partial charge is 0.455 e. The molecule has 1 aromatic rings. The van der Waals surface area contributed by atoms with E-state index in [0.717, 1.165) is 30.0 Å². The van der Waals surface area contributed by atoms with Crippen LogP contribution in [-0.4, -0.2) is 50.8 Å². The lowest BCUT2D eigenvalue weighted by Gasteiger charge is -2.29. The zero-order valence-electron chi connectivity index (χ0n) is 15.5. The van der Waals surface area contributed by atoms with E-state index < -0.39 is 29.1 Å². The van der Waals surface area contributed by atoms with Crippen LogP contribution in [0.25, 0.3) is 0 Å². The van der Waals surface area contributed by atoms with Gasteiger partial charge in [0.05, 0.1) is 4.90 Å².